The summed E-state index contributed by atoms with van der Waals surface area (Å²) >= 11 is -1.58. The van der Waals surface area contributed by atoms with E-state index in [1.807, 2.05) is 3.28 Å². The van der Waals surface area contributed by atoms with Crippen LogP contribution in [0.25, 0.3) is 0 Å². The van der Waals surface area contributed by atoms with E-state index in [0.29, 0.717) is 0 Å². The van der Waals surface area contributed by atoms with Crippen LogP contribution in [0.4, 0.5) is 0 Å². The van der Waals surface area contributed by atoms with Gasteiger partial charge in [-0.2, -0.15) is 0 Å². The van der Waals surface area contributed by atoms with E-state index in [2.05, 4.69) is 61.6 Å². The zero-order valence-electron chi connectivity index (χ0n) is 15.4. The van der Waals surface area contributed by atoms with Crippen molar-refractivity contribution in [2.45, 2.75) is 71.6 Å². The summed E-state index contributed by atoms with van der Waals surface area (Å²) in [5, 5.41) is 0. The van der Waals surface area contributed by atoms with Crippen molar-refractivity contribution in [3.63, 3.8) is 0 Å². The molecule has 115 valence electrons. The normalized spacial score (nSPS) is 20.9. The van der Waals surface area contributed by atoms with Crippen molar-refractivity contribution in [2.24, 2.45) is 0 Å². The molecule has 2 rings (SSSR count). The van der Waals surface area contributed by atoms with Crippen LogP contribution in [0.2, 0.25) is 16.7 Å². The third kappa shape index (κ3) is 2.83. The molecular formula is C19H31SiZr. The van der Waals surface area contributed by atoms with Gasteiger partial charge in [-0.25, -0.2) is 0 Å². The van der Waals surface area contributed by atoms with E-state index >= 15 is 0 Å². The van der Waals surface area contributed by atoms with Crippen LogP contribution in [-0.4, -0.2) is 5.92 Å². The van der Waals surface area contributed by atoms with Crippen LogP contribution in [0, 0.1) is 0 Å². The van der Waals surface area contributed by atoms with Crippen molar-refractivity contribution in [1.29, 1.82) is 0 Å². The van der Waals surface area contributed by atoms with Gasteiger partial charge in [0.25, 0.3) is 0 Å². The summed E-state index contributed by atoms with van der Waals surface area (Å²) < 4.78 is 2.84. The monoisotopic (exact) mass is 377 g/mol. The number of allylic oxidation sites excluding steroid dienone is 8. The summed E-state index contributed by atoms with van der Waals surface area (Å²) in [4.78, 5) is 0. The molecule has 0 heterocycles. The third-order valence-electron chi connectivity index (χ3n) is 5.99. The molecule has 0 saturated carbocycles. The van der Waals surface area contributed by atoms with Crippen molar-refractivity contribution in [1.82, 2.24) is 0 Å². The molecule has 0 bridgehead atoms. The van der Waals surface area contributed by atoms with E-state index in [1.165, 1.54) is 6.42 Å². The van der Waals surface area contributed by atoms with E-state index in [9.17, 15) is 0 Å². The van der Waals surface area contributed by atoms with E-state index in [0.717, 1.165) is 3.63 Å². The van der Waals surface area contributed by atoms with Crippen LogP contribution in [-0.2, 0) is 20.9 Å². The summed E-state index contributed by atoms with van der Waals surface area (Å²) in [7, 11) is 0. The fourth-order valence-corrected chi connectivity index (χ4v) is 27.2. The number of hydrogen-bond donors (Lipinski definition) is 0. The van der Waals surface area contributed by atoms with Gasteiger partial charge in [0, 0.05) is 0 Å². The molecule has 0 aromatic heterocycles. The molecule has 21 heavy (non-hydrogen) atoms. The minimum absolute atomic E-state index is 0.573. The standard InChI is InChI=1S/C9H13.C8H11.C2H7Si.Zr/c1-6-5-7(2)9(4)8(6)3;1-6-4-5-7(2)8(6)3;1-3-2;/h5H,1-4H3;4H2,1-3H3;3H,1-2H3;. The maximum atomic E-state index is 2.63. The molecule has 0 spiro atoms. The molecule has 0 aromatic carbocycles. The zero-order chi connectivity index (χ0) is 16.1. The summed E-state index contributed by atoms with van der Waals surface area (Å²) in [6.07, 6.45) is 1.31. The fraction of sp³-hybridized carbons (Fsp3) is 0.579. The molecular weight excluding hydrogens is 348 g/mol. The van der Waals surface area contributed by atoms with Gasteiger partial charge in [0.05, 0.1) is 0 Å². The summed E-state index contributed by atoms with van der Waals surface area (Å²) in [5.41, 5.74) is 11.6. The Morgan fingerprint density at radius 2 is 1.24 bits per heavy atom. The molecule has 0 nitrogen and oxygen atoms in total. The van der Waals surface area contributed by atoms with Crippen LogP contribution in [0.5, 0.6) is 0 Å². The van der Waals surface area contributed by atoms with Gasteiger partial charge >= 0.3 is 141 Å². The van der Waals surface area contributed by atoms with Crippen molar-refractivity contribution in [3.8, 4) is 0 Å². The summed E-state index contributed by atoms with van der Waals surface area (Å²) in [6, 6.07) is 0. The van der Waals surface area contributed by atoms with Gasteiger partial charge in [0.15, 0.2) is 0 Å². The minimum atomic E-state index is -1.58. The second kappa shape index (κ2) is 6.28. The van der Waals surface area contributed by atoms with Crippen LogP contribution in [0.3, 0.4) is 0 Å². The van der Waals surface area contributed by atoms with Crippen LogP contribution >= 0.6 is 0 Å². The Kier molecular flexibility index (Phi) is 5.21. The Balaban J connectivity index is 2.50. The molecule has 0 radical (unpaired) electrons. The van der Waals surface area contributed by atoms with Crippen molar-refractivity contribution >= 4 is 5.92 Å². The van der Waals surface area contributed by atoms with Crippen molar-refractivity contribution < 1.29 is 20.9 Å². The first-order valence-electron chi connectivity index (χ1n) is 8.27. The fourth-order valence-electron chi connectivity index (χ4n) is 4.07. The molecule has 0 aliphatic heterocycles. The molecule has 0 N–H and O–H groups in total. The van der Waals surface area contributed by atoms with Gasteiger partial charge in [0.2, 0.25) is 0 Å². The van der Waals surface area contributed by atoms with Gasteiger partial charge in [-0.05, 0) is 0 Å². The first kappa shape index (κ1) is 17.4. The first-order valence-corrected chi connectivity index (χ1v) is 18.1. The summed E-state index contributed by atoms with van der Waals surface area (Å²) in [5.74, 6) is -0.573. The SMILES string of the molecule is CC1=C(C)C(C)=[C]([Zr]([CH]2C(C)=C(C)C(C)=C2C)[SiH](C)C)C1. The number of rotatable bonds is 3. The molecule has 0 saturated heterocycles. The Bertz CT molecular complexity index is 575. The third-order valence-corrected chi connectivity index (χ3v) is 27.2. The zero-order valence-corrected chi connectivity index (χ0v) is 19.0. The van der Waals surface area contributed by atoms with Crippen LogP contribution in [0.1, 0.15) is 54.9 Å². The topological polar surface area (TPSA) is 0 Å². The predicted molar refractivity (Wildman–Crippen MR) is 95.1 cm³/mol. The Morgan fingerprint density at radius 3 is 1.57 bits per heavy atom. The maximum absolute atomic E-state index is 2.63. The van der Waals surface area contributed by atoms with Crippen molar-refractivity contribution in [2.75, 3.05) is 0 Å². The molecule has 0 atom stereocenters. The molecule has 2 heteroatoms. The van der Waals surface area contributed by atoms with E-state index in [4.69, 9.17) is 0 Å². The predicted octanol–water partition coefficient (Wildman–Crippen LogP) is 6.08. The van der Waals surface area contributed by atoms with Crippen LogP contribution in [0.15, 0.2) is 42.3 Å². The van der Waals surface area contributed by atoms with Gasteiger partial charge < -0.3 is 0 Å². The van der Waals surface area contributed by atoms with E-state index in [-0.39, 0.29) is 0 Å². The average molecular weight is 379 g/mol. The second-order valence-corrected chi connectivity index (χ2v) is 27.0. The Hall–Kier alpha value is 0.0600. The molecule has 0 fully saturated rings. The summed E-state index contributed by atoms with van der Waals surface area (Å²) in [6.45, 7) is 21.9. The molecule has 0 amide bonds. The molecule has 0 aromatic rings. The van der Waals surface area contributed by atoms with Gasteiger partial charge in [-0.3, -0.25) is 0 Å². The molecule has 2 aliphatic rings. The Morgan fingerprint density at radius 1 is 0.762 bits per heavy atom. The van der Waals surface area contributed by atoms with Crippen LogP contribution < -0.4 is 0 Å². The quantitative estimate of drug-likeness (QED) is 0.522. The van der Waals surface area contributed by atoms with E-state index < -0.39 is 26.8 Å². The Labute approximate surface area is 140 Å². The molecule has 2 aliphatic carbocycles. The second-order valence-electron chi connectivity index (χ2n) is 7.34. The number of hydrogen-bond acceptors (Lipinski definition) is 0. The molecule has 0 unspecified atom stereocenters. The van der Waals surface area contributed by atoms with Gasteiger partial charge in [-0.15, -0.1) is 0 Å². The van der Waals surface area contributed by atoms with Crippen molar-refractivity contribution in [3.05, 3.63) is 42.3 Å². The van der Waals surface area contributed by atoms with Gasteiger partial charge in [-0.1, -0.05) is 0 Å². The average Bonchev–Trinajstić information content (AvgIpc) is 2.77. The first-order chi connectivity index (χ1) is 9.68. The van der Waals surface area contributed by atoms with Gasteiger partial charge in [0.1, 0.15) is 0 Å². The van der Waals surface area contributed by atoms with E-state index in [1.54, 1.807) is 39.0 Å².